The summed E-state index contributed by atoms with van der Waals surface area (Å²) in [5.74, 6) is -0.343. The van der Waals surface area contributed by atoms with Crippen molar-refractivity contribution in [1.29, 1.82) is 0 Å². The molecule has 46 heavy (non-hydrogen) atoms. The number of rotatable bonds is 8. The molecule has 4 bridgehead atoms. The largest absolute Gasteiger partial charge is 0.379 e. The Labute approximate surface area is 274 Å². The Bertz CT molecular complexity index is 1300. The summed E-state index contributed by atoms with van der Waals surface area (Å²) in [5, 5.41) is 0. The number of morpholine rings is 2. The summed E-state index contributed by atoms with van der Waals surface area (Å²) in [6.07, 6.45) is 2.22. The van der Waals surface area contributed by atoms with E-state index in [9.17, 15) is 8.78 Å². The highest BCUT2D eigenvalue weighted by Crippen LogP contribution is 2.80. The van der Waals surface area contributed by atoms with Gasteiger partial charge in [0.25, 0.3) is 0 Å². The highest BCUT2D eigenvalue weighted by Gasteiger charge is 2.85. The standard InChI is InChI=1S/C38H52F2N4O2/c1-35(2)31-21-34-38(26-42-15-19-46-20-16-42)36(3,4)32(44(34)24-28-7-11-30(40)12-8-28)22-33(37(35,38)25-41-13-17-45-18-14-41)43(31)23-27-5-9-29(39)10-6-27/h5-12,31-34H,13-26H2,1-4H3/t31-,32-,33+,34+,37-,38+/m1/s1. The van der Waals surface area contributed by atoms with Crippen molar-refractivity contribution in [2.45, 2.75) is 77.8 Å². The van der Waals surface area contributed by atoms with Crippen LogP contribution in [0.2, 0.25) is 0 Å². The Morgan fingerprint density at radius 1 is 0.565 bits per heavy atom. The second-order valence-corrected chi connectivity index (χ2v) is 16.3. The summed E-state index contributed by atoms with van der Waals surface area (Å²) in [5.41, 5.74) is 2.53. The van der Waals surface area contributed by atoms with Crippen LogP contribution in [-0.2, 0) is 22.6 Å². The van der Waals surface area contributed by atoms with Crippen molar-refractivity contribution in [2.24, 2.45) is 21.7 Å². The molecule has 0 unspecified atom stereocenters. The van der Waals surface area contributed by atoms with Gasteiger partial charge < -0.3 is 9.47 Å². The van der Waals surface area contributed by atoms with Crippen molar-refractivity contribution in [3.05, 3.63) is 71.3 Å². The van der Waals surface area contributed by atoms with E-state index in [1.54, 1.807) is 24.3 Å². The van der Waals surface area contributed by atoms with Gasteiger partial charge in [-0.1, -0.05) is 52.0 Å². The van der Waals surface area contributed by atoms with Gasteiger partial charge in [0.05, 0.1) is 26.4 Å². The zero-order chi connectivity index (χ0) is 31.9. The van der Waals surface area contributed by atoms with E-state index in [1.165, 1.54) is 11.1 Å². The van der Waals surface area contributed by atoms with Crippen molar-refractivity contribution in [1.82, 2.24) is 19.6 Å². The number of benzene rings is 2. The van der Waals surface area contributed by atoms with Crippen LogP contribution in [0.1, 0.15) is 51.7 Å². The fourth-order valence-electron chi connectivity index (χ4n) is 12.2. The topological polar surface area (TPSA) is 31.4 Å². The maximum atomic E-state index is 14.1. The number of likely N-dealkylation sites (tertiary alicyclic amines) is 2. The van der Waals surface area contributed by atoms with E-state index >= 15 is 0 Å². The van der Waals surface area contributed by atoms with Crippen molar-refractivity contribution < 1.29 is 18.3 Å². The predicted octanol–water partition coefficient (Wildman–Crippen LogP) is 5.27. The Hall–Kier alpha value is -1.94. The number of halogens is 2. The fraction of sp³-hybridized carbons (Fsp3) is 0.684. The van der Waals surface area contributed by atoms with Crippen LogP contribution < -0.4 is 0 Å². The number of fused-ring (bicyclic) bond motifs is 2. The Balaban J connectivity index is 1.30. The van der Waals surface area contributed by atoms with E-state index in [0.29, 0.717) is 24.2 Å². The van der Waals surface area contributed by atoms with Crippen LogP contribution in [0.4, 0.5) is 8.78 Å². The van der Waals surface area contributed by atoms with Gasteiger partial charge in [-0.2, -0.15) is 0 Å². The van der Waals surface area contributed by atoms with Gasteiger partial charge in [-0.05, 0) is 59.1 Å². The Kier molecular flexibility index (Phi) is 7.71. The molecule has 0 spiro atoms. The van der Waals surface area contributed by atoms with Gasteiger partial charge in [0.1, 0.15) is 11.6 Å². The lowest BCUT2D eigenvalue weighted by atomic mass is 9.35. The first-order valence-electron chi connectivity index (χ1n) is 17.7. The molecule has 250 valence electrons. The molecular formula is C38H52F2N4O2. The molecule has 0 aromatic heterocycles. The molecule has 0 N–H and O–H groups in total. The molecule has 0 radical (unpaired) electrons. The van der Waals surface area contributed by atoms with Gasteiger partial charge in [-0.25, -0.2) is 8.78 Å². The van der Waals surface area contributed by atoms with E-state index in [0.717, 1.165) is 91.6 Å². The van der Waals surface area contributed by atoms with Crippen molar-refractivity contribution in [2.75, 3.05) is 65.7 Å². The molecule has 4 saturated heterocycles. The Morgan fingerprint density at radius 2 is 0.913 bits per heavy atom. The molecule has 0 amide bonds. The van der Waals surface area contributed by atoms with E-state index < -0.39 is 0 Å². The molecule has 2 aliphatic carbocycles. The minimum Gasteiger partial charge on any atom is -0.379 e. The summed E-state index contributed by atoms with van der Waals surface area (Å²) >= 11 is 0. The lowest BCUT2D eigenvalue weighted by Crippen LogP contribution is -2.75. The lowest BCUT2D eigenvalue weighted by Gasteiger charge is -2.69. The van der Waals surface area contributed by atoms with Gasteiger partial charge in [-0.15, -0.1) is 0 Å². The molecular weight excluding hydrogens is 582 g/mol. The predicted molar refractivity (Wildman–Crippen MR) is 175 cm³/mol. The first kappa shape index (κ1) is 31.3. The summed E-state index contributed by atoms with van der Waals surface area (Å²) < 4.78 is 39.9. The maximum absolute atomic E-state index is 14.1. The second-order valence-electron chi connectivity index (χ2n) is 16.3. The third-order valence-electron chi connectivity index (χ3n) is 14.1. The summed E-state index contributed by atoms with van der Waals surface area (Å²) in [6.45, 7) is 21.4. The number of hydrogen-bond donors (Lipinski definition) is 0. The van der Waals surface area contributed by atoms with Gasteiger partial charge in [0.2, 0.25) is 0 Å². The van der Waals surface area contributed by atoms with Crippen LogP contribution in [0.25, 0.3) is 0 Å². The average molecular weight is 635 g/mol. The Morgan fingerprint density at radius 3 is 1.26 bits per heavy atom. The number of hydrogen-bond acceptors (Lipinski definition) is 6. The van der Waals surface area contributed by atoms with E-state index in [1.807, 2.05) is 24.3 Å². The highest BCUT2D eigenvalue weighted by atomic mass is 19.1. The molecule has 6 fully saturated rings. The number of ether oxygens (including phenoxy) is 2. The third-order valence-corrected chi connectivity index (χ3v) is 14.1. The fourth-order valence-corrected chi connectivity index (χ4v) is 12.2. The maximum Gasteiger partial charge on any atom is 0.123 e. The van der Waals surface area contributed by atoms with Crippen molar-refractivity contribution in [3.8, 4) is 0 Å². The average Bonchev–Trinajstić information content (AvgIpc) is 3.23. The zero-order valence-corrected chi connectivity index (χ0v) is 28.2. The third kappa shape index (κ3) is 4.39. The number of nitrogens with zero attached hydrogens (tertiary/aromatic N) is 4. The van der Waals surface area contributed by atoms with Crippen LogP contribution in [-0.4, -0.2) is 109 Å². The minimum absolute atomic E-state index is 0.0147. The van der Waals surface area contributed by atoms with Crippen molar-refractivity contribution in [3.63, 3.8) is 0 Å². The van der Waals surface area contributed by atoms with Gasteiger partial charge >= 0.3 is 0 Å². The second kappa shape index (κ2) is 11.3. The molecule has 6 aliphatic rings. The first-order chi connectivity index (χ1) is 22.1. The molecule has 4 heterocycles. The summed E-state index contributed by atoms with van der Waals surface area (Å²) in [6, 6.07) is 16.1. The molecule has 2 aromatic rings. The van der Waals surface area contributed by atoms with Crippen LogP contribution in [0, 0.1) is 33.3 Å². The SMILES string of the molecule is CC1(C)[C@H]2C[C@@H]3N(Cc4ccc(F)cc4)[C@@H]4C[C@H](N2Cc2ccc(F)cc2)[C@]1(CN1CCOCC1)[C@@]3(CN1CCOCC1)C4(C)C. The normalized spacial score (nSPS) is 37.3. The molecule has 8 heteroatoms. The lowest BCUT2D eigenvalue weighted by molar-refractivity contribution is -0.201. The van der Waals surface area contributed by atoms with Crippen molar-refractivity contribution >= 4 is 0 Å². The summed E-state index contributed by atoms with van der Waals surface area (Å²) in [4.78, 5) is 11.2. The first-order valence-corrected chi connectivity index (χ1v) is 17.7. The molecule has 4 aliphatic heterocycles. The molecule has 6 atom stereocenters. The van der Waals surface area contributed by atoms with Crippen LogP contribution in [0.3, 0.4) is 0 Å². The van der Waals surface area contributed by atoms with E-state index in [-0.39, 0.29) is 33.3 Å². The molecule has 2 aromatic carbocycles. The monoisotopic (exact) mass is 634 g/mol. The van der Waals surface area contributed by atoms with Crippen LogP contribution in [0.15, 0.2) is 48.5 Å². The quantitative estimate of drug-likeness (QED) is 0.394. The molecule has 8 rings (SSSR count). The minimum atomic E-state index is -0.172. The highest BCUT2D eigenvalue weighted by molar-refractivity contribution is 5.38. The van der Waals surface area contributed by atoms with Gasteiger partial charge in [-0.3, -0.25) is 19.6 Å². The van der Waals surface area contributed by atoms with Gasteiger partial charge in [0.15, 0.2) is 0 Å². The smallest absolute Gasteiger partial charge is 0.123 e. The van der Waals surface area contributed by atoms with E-state index in [4.69, 9.17) is 9.47 Å². The molecule has 6 nitrogen and oxygen atoms in total. The van der Waals surface area contributed by atoms with Crippen LogP contribution >= 0.6 is 0 Å². The van der Waals surface area contributed by atoms with Gasteiger partial charge in [0, 0.05) is 87.4 Å². The summed E-state index contributed by atoms with van der Waals surface area (Å²) in [7, 11) is 0. The zero-order valence-electron chi connectivity index (χ0n) is 28.2. The molecule has 2 saturated carbocycles. The van der Waals surface area contributed by atoms with Crippen LogP contribution in [0.5, 0.6) is 0 Å². The van der Waals surface area contributed by atoms with E-state index in [2.05, 4.69) is 47.3 Å².